The third kappa shape index (κ3) is 4.51. The third-order valence-corrected chi connectivity index (χ3v) is 5.15. The number of nitrogens with two attached hydrogens (primary N) is 1. The number of hydrogen-bond donors (Lipinski definition) is 3. The largest absolute Gasteiger partial charge is 0.463 e. The van der Waals surface area contributed by atoms with Crippen LogP contribution in [0.25, 0.3) is 0 Å². The van der Waals surface area contributed by atoms with Gasteiger partial charge < -0.3 is 21.1 Å². The zero-order valence-electron chi connectivity index (χ0n) is 15.9. The van der Waals surface area contributed by atoms with Gasteiger partial charge in [0.15, 0.2) is 0 Å². The Morgan fingerprint density at radius 2 is 1.89 bits per heavy atom. The van der Waals surface area contributed by atoms with E-state index >= 15 is 0 Å². The third-order valence-electron chi connectivity index (χ3n) is 5.15. The number of amides is 3. The minimum Gasteiger partial charge on any atom is -0.463 e. The number of primary amides is 1. The van der Waals surface area contributed by atoms with Crippen LogP contribution >= 0.6 is 0 Å². The Morgan fingerprint density at radius 3 is 2.50 bits per heavy atom. The highest BCUT2D eigenvalue weighted by Gasteiger charge is 2.35. The Morgan fingerprint density at radius 1 is 1.21 bits per heavy atom. The van der Waals surface area contributed by atoms with Crippen LogP contribution in [0.1, 0.15) is 31.4 Å². The van der Waals surface area contributed by atoms with E-state index in [1.807, 2.05) is 30.3 Å². The first-order valence-electron chi connectivity index (χ1n) is 9.54. The predicted octanol–water partition coefficient (Wildman–Crippen LogP) is 1.06. The summed E-state index contributed by atoms with van der Waals surface area (Å²) in [6, 6.07) is 8.40. The van der Waals surface area contributed by atoms with Crippen molar-refractivity contribution in [3.05, 3.63) is 47.2 Å². The first-order valence-corrected chi connectivity index (χ1v) is 9.54. The minimum atomic E-state index is -0.577. The molecule has 2 heterocycles. The summed E-state index contributed by atoms with van der Waals surface area (Å²) >= 11 is 0. The molecule has 0 aromatic heterocycles. The van der Waals surface area contributed by atoms with Gasteiger partial charge in [-0.15, -0.1) is 0 Å². The summed E-state index contributed by atoms with van der Waals surface area (Å²) in [7, 11) is 0. The maximum Gasteiger partial charge on any atom is 0.338 e. The molecular formula is C20H26N4O4. The second kappa shape index (κ2) is 8.88. The molecule has 0 unspecified atom stereocenters. The molecule has 0 bridgehead atoms. The van der Waals surface area contributed by atoms with E-state index in [1.165, 1.54) is 0 Å². The summed E-state index contributed by atoms with van der Waals surface area (Å²) < 4.78 is 5.27. The van der Waals surface area contributed by atoms with Crippen molar-refractivity contribution < 1.29 is 19.1 Å². The first kappa shape index (κ1) is 19.9. The van der Waals surface area contributed by atoms with Gasteiger partial charge in [-0.3, -0.25) is 9.69 Å². The number of hydrogen-bond acceptors (Lipinski definition) is 5. The maximum absolute atomic E-state index is 12.7. The van der Waals surface area contributed by atoms with Crippen molar-refractivity contribution in [1.29, 1.82) is 0 Å². The monoisotopic (exact) mass is 386 g/mol. The summed E-state index contributed by atoms with van der Waals surface area (Å²) in [6.07, 6.45) is 1.34. The minimum absolute atomic E-state index is 0.116. The summed E-state index contributed by atoms with van der Waals surface area (Å²) in [6.45, 7) is 3.74. The number of esters is 1. The zero-order chi connectivity index (χ0) is 20.1. The lowest BCUT2D eigenvalue weighted by atomic mass is 9.93. The van der Waals surface area contributed by atoms with Gasteiger partial charge in [0.2, 0.25) is 5.91 Å². The Labute approximate surface area is 164 Å². The topological polar surface area (TPSA) is 114 Å². The number of ether oxygens (including phenoxy) is 1. The van der Waals surface area contributed by atoms with Gasteiger partial charge in [-0.05, 0) is 38.4 Å². The van der Waals surface area contributed by atoms with Crippen LogP contribution in [0.4, 0.5) is 4.79 Å². The molecule has 1 atom stereocenters. The molecule has 150 valence electrons. The second-order valence-corrected chi connectivity index (χ2v) is 7.01. The highest BCUT2D eigenvalue weighted by atomic mass is 16.5. The highest BCUT2D eigenvalue weighted by molar-refractivity contribution is 5.95. The van der Waals surface area contributed by atoms with Gasteiger partial charge in [0.1, 0.15) is 0 Å². The Balaban J connectivity index is 1.87. The number of carbonyl (C=O) groups excluding carboxylic acids is 3. The standard InChI is InChI=1S/C20H26N4O4/c1-2-28-19(26)16-15(12-24-10-8-14(9-11-24)18(21)25)22-20(27)23-17(16)13-6-4-3-5-7-13/h3-7,14,17H,2,8-12H2,1H3,(H2,21,25)(H2,22,23,27)/t17-/m1/s1. The van der Waals surface area contributed by atoms with Crippen molar-refractivity contribution in [2.75, 3.05) is 26.2 Å². The number of piperidine rings is 1. The fourth-order valence-corrected chi connectivity index (χ4v) is 3.69. The highest BCUT2D eigenvalue weighted by Crippen LogP contribution is 2.28. The van der Waals surface area contributed by atoms with Crippen LogP contribution in [0.15, 0.2) is 41.6 Å². The molecule has 0 spiro atoms. The van der Waals surface area contributed by atoms with E-state index in [1.54, 1.807) is 6.92 Å². The number of likely N-dealkylation sites (tertiary alicyclic amines) is 1. The number of rotatable bonds is 6. The van der Waals surface area contributed by atoms with Crippen molar-refractivity contribution in [2.24, 2.45) is 11.7 Å². The molecule has 1 aromatic rings. The molecule has 8 nitrogen and oxygen atoms in total. The van der Waals surface area contributed by atoms with E-state index in [-0.39, 0.29) is 24.5 Å². The number of nitrogens with zero attached hydrogens (tertiary/aromatic N) is 1. The van der Waals surface area contributed by atoms with Crippen molar-refractivity contribution in [3.8, 4) is 0 Å². The van der Waals surface area contributed by atoms with Gasteiger partial charge in [0, 0.05) is 18.2 Å². The summed E-state index contributed by atoms with van der Waals surface area (Å²) in [5.74, 6) is -0.842. The van der Waals surface area contributed by atoms with E-state index in [4.69, 9.17) is 10.5 Å². The molecule has 3 amide bonds. The lowest BCUT2D eigenvalue weighted by Gasteiger charge is -2.34. The van der Waals surface area contributed by atoms with Crippen LogP contribution in [0.3, 0.4) is 0 Å². The Hall–Kier alpha value is -2.87. The Kier molecular flexibility index (Phi) is 6.30. The van der Waals surface area contributed by atoms with E-state index in [2.05, 4.69) is 15.5 Å². The zero-order valence-corrected chi connectivity index (χ0v) is 15.9. The van der Waals surface area contributed by atoms with Crippen molar-refractivity contribution >= 4 is 17.9 Å². The number of carbonyl (C=O) groups is 3. The smallest absolute Gasteiger partial charge is 0.338 e. The second-order valence-electron chi connectivity index (χ2n) is 7.01. The van der Waals surface area contributed by atoms with Crippen molar-refractivity contribution in [3.63, 3.8) is 0 Å². The van der Waals surface area contributed by atoms with Crippen LogP contribution in [0, 0.1) is 5.92 Å². The number of urea groups is 1. The van der Waals surface area contributed by atoms with Crippen LogP contribution < -0.4 is 16.4 Å². The molecule has 1 aromatic carbocycles. The first-order chi connectivity index (χ1) is 13.5. The van der Waals surface area contributed by atoms with E-state index in [0.29, 0.717) is 43.7 Å². The lowest BCUT2D eigenvalue weighted by Crippen LogP contribution is -2.49. The molecule has 28 heavy (non-hydrogen) atoms. The van der Waals surface area contributed by atoms with Gasteiger partial charge in [-0.1, -0.05) is 30.3 Å². The van der Waals surface area contributed by atoms with E-state index in [0.717, 1.165) is 5.56 Å². The molecular weight excluding hydrogens is 360 g/mol. The van der Waals surface area contributed by atoms with E-state index < -0.39 is 12.0 Å². The van der Waals surface area contributed by atoms with E-state index in [9.17, 15) is 14.4 Å². The van der Waals surface area contributed by atoms with Crippen LogP contribution in [0.5, 0.6) is 0 Å². The molecule has 0 radical (unpaired) electrons. The maximum atomic E-state index is 12.7. The normalized spacial score (nSPS) is 21.0. The molecule has 8 heteroatoms. The van der Waals surface area contributed by atoms with Gasteiger partial charge in [0.05, 0.1) is 18.2 Å². The molecule has 0 aliphatic carbocycles. The molecule has 2 aliphatic heterocycles. The van der Waals surface area contributed by atoms with Gasteiger partial charge >= 0.3 is 12.0 Å². The molecule has 1 fully saturated rings. The average Bonchev–Trinajstić information content (AvgIpc) is 2.68. The van der Waals surface area contributed by atoms with Gasteiger partial charge in [-0.25, -0.2) is 9.59 Å². The lowest BCUT2D eigenvalue weighted by molar-refractivity contribution is -0.139. The quantitative estimate of drug-likeness (QED) is 0.633. The van der Waals surface area contributed by atoms with Crippen LogP contribution in [-0.2, 0) is 14.3 Å². The summed E-state index contributed by atoms with van der Waals surface area (Å²) in [5, 5.41) is 5.61. The average molecular weight is 386 g/mol. The van der Waals surface area contributed by atoms with Crippen molar-refractivity contribution in [2.45, 2.75) is 25.8 Å². The number of benzene rings is 1. The molecule has 3 rings (SSSR count). The summed E-state index contributed by atoms with van der Waals surface area (Å²) in [5.41, 5.74) is 7.15. The van der Waals surface area contributed by atoms with Crippen LogP contribution in [0.2, 0.25) is 0 Å². The van der Waals surface area contributed by atoms with Gasteiger partial charge in [0.25, 0.3) is 0 Å². The summed E-state index contributed by atoms with van der Waals surface area (Å²) in [4.78, 5) is 38.5. The molecule has 1 saturated heterocycles. The fourth-order valence-electron chi connectivity index (χ4n) is 3.69. The van der Waals surface area contributed by atoms with Crippen molar-refractivity contribution in [1.82, 2.24) is 15.5 Å². The van der Waals surface area contributed by atoms with Crippen LogP contribution in [-0.4, -0.2) is 49.0 Å². The SMILES string of the molecule is CCOC(=O)C1=C(CN2CCC(C(N)=O)CC2)NC(=O)N[C@@H]1c1ccccc1. The van der Waals surface area contributed by atoms with Gasteiger partial charge in [-0.2, -0.15) is 0 Å². The molecule has 2 aliphatic rings. The molecule has 0 saturated carbocycles. The molecule has 4 N–H and O–H groups in total. The number of nitrogens with one attached hydrogen (secondary N) is 2. The Bertz CT molecular complexity index is 770. The predicted molar refractivity (Wildman–Crippen MR) is 103 cm³/mol. The fraction of sp³-hybridized carbons (Fsp3) is 0.450.